The molecule has 0 unspecified atom stereocenters. The Balaban J connectivity index is 1.93. The van der Waals surface area contributed by atoms with E-state index in [0.29, 0.717) is 31.6 Å². The summed E-state index contributed by atoms with van der Waals surface area (Å²) in [6, 6.07) is 2.30. The van der Waals surface area contributed by atoms with Crippen LogP contribution in [0, 0.1) is 5.92 Å². The van der Waals surface area contributed by atoms with Crippen molar-refractivity contribution < 1.29 is 29.2 Å². The van der Waals surface area contributed by atoms with Gasteiger partial charge in [-0.15, -0.1) is 0 Å². The minimum atomic E-state index is -1.74. The lowest BCUT2D eigenvalue weighted by Gasteiger charge is -2.27. The highest BCUT2D eigenvalue weighted by atomic mass is 16.5. The number of hydrogen-bond donors (Lipinski definition) is 5. The summed E-state index contributed by atoms with van der Waals surface area (Å²) in [4.78, 5) is 42.2. The van der Waals surface area contributed by atoms with Crippen molar-refractivity contribution in [1.29, 1.82) is 0 Å². The van der Waals surface area contributed by atoms with Gasteiger partial charge >= 0.3 is 7.12 Å². The largest absolute Gasteiger partial charge is 0.475 e. The molecule has 0 aliphatic carbocycles. The minimum Gasteiger partial charge on any atom is -0.426 e. The molecule has 0 bridgehead atoms. The van der Waals surface area contributed by atoms with E-state index in [-0.39, 0.29) is 12.5 Å². The first-order valence-corrected chi connectivity index (χ1v) is 10.2. The van der Waals surface area contributed by atoms with Gasteiger partial charge in [-0.3, -0.25) is 14.4 Å². The van der Waals surface area contributed by atoms with E-state index in [1.165, 1.54) is 6.20 Å². The maximum atomic E-state index is 12.5. The van der Waals surface area contributed by atoms with E-state index in [4.69, 9.17) is 4.74 Å². The molecule has 0 spiro atoms. The van der Waals surface area contributed by atoms with Crippen LogP contribution < -0.4 is 20.9 Å². The Morgan fingerprint density at radius 3 is 2.55 bits per heavy atom. The summed E-state index contributed by atoms with van der Waals surface area (Å²) in [6.45, 7) is 6.29. The average Bonchev–Trinajstić information content (AvgIpc) is 2.76. The van der Waals surface area contributed by atoms with E-state index >= 15 is 0 Å². The molecule has 2 rings (SSSR count). The van der Waals surface area contributed by atoms with Crippen LogP contribution in [0.3, 0.4) is 0 Å². The zero-order valence-electron chi connectivity index (χ0n) is 17.8. The highest BCUT2D eigenvalue weighted by Gasteiger charge is 2.29. The Labute approximate surface area is 181 Å². The molecule has 1 saturated heterocycles. The minimum absolute atomic E-state index is 0.109. The predicted octanol–water partition coefficient (Wildman–Crippen LogP) is -1.69. The van der Waals surface area contributed by atoms with E-state index in [0.717, 1.165) is 18.9 Å². The Bertz CT molecular complexity index is 727. The van der Waals surface area contributed by atoms with Crippen molar-refractivity contribution in [1.82, 2.24) is 20.9 Å². The Morgan fingerprint density at radius 2 is 2.00 bits per heavy atom. The second-order valence-corrected chi connectivity index (χ2v) is 7.71. The number of ether oxygens (including phenoxy) is 1. The zero-order valence-corrected chi connectivity index (χ0v) is 17.8. The molecule has 5 N–H and O–H groups in total. The Kier molecular flexibility index (Phi) is 9.69. The molecule has 31 heavy (non-hydrogen) atoms. The molecule has 1 fully saturated rings. The second kappa shape index (κ2) is 12.2. The Morgan fingerprint density at radius 1 is 1.29 bits per heavy atom. The number of anilines is 1. The number of amides is 3. The molecule has 0 radical (unpaired) electrons. The van der Waals surface area contributed by atoms with Crippen molar-refractivity contribution in [3.63, 3.8) is 0 Å². The lowest BCUT2D eigenvalue weighted by atomic mass is 9.75. The first-order valence-electron chi connectivity index (χ1n) is 10.2. The molecule has 1 aliphatic rings. The second-order valence-electron chi connectivity index (χ2n) is 7.71. The molecular formula is C19H30BN5O6. The van der Waals surface area contributed by atoms with Crippen LogP contribution in [0.15, 0.2) is 18.3 Å². The number of nitrogens with zero attached hydrogens (tertiary/aromatic N) is 2. The molecule has 3 amide bonds. The van der Waals surface area contributed by atoms with Gasteiger partial charge in [0.05, 0.1) is 24.7 Å². The van der Waals surface area contributed by atoms with Crippen LogP contribution in [-0.2, 0) is 14.3 Å². The summed E-state index contributed by atoms with van der Waals surface area (Å²) < 4.78 is 5.31. The normalized spacial score (nSPS) is 15.7. The maximum absolute atomic E-state index is 12.5. The van der Waals surface area contributed by atoms with Crippen molar-refractivity contribution >= 4 is 31.2 Å². The van der Waals surface area contributed by atoms with Gasteiger partial charge < -0.3 is 35.6 Å². The van der Waals surface area contributed by atoms with Crippen LogP contribution in [0.2, 0.25) is 0 Å². The maximum Gasteiger partial charge on any atom is 0.475 e. The quantitative estimate of drug-likeness (QED) is 0.204. The molecule has 2 atom stereocenters. The number of pyridine rings is 1. The summed E-state index contributed by atoms with van der Waals surface area (Å²) in [7, 11) is -1.74. The Hall–Kier alpha value is -2.70. The van der Waals surface area contributed by atoms with E-state index in [9.17, 15) is 24.4 Å². The summed E-state index contributed by atoms with van der Waals surface area (Å²) in [6.07, 6.45) is 2.13. The third kappa shape index (κ3) is 7.81. The third-order valence-electron chi connectivity index (χ3n) is 4.81. The van der Waals surface area contributed by atoms with Crippen LogP contribution in [0.25, 0.3) is 0 Å². The standard InChI is InChI=1S/C19H30BN5O6/c1-13(2)9-16(20(29)30)24-19(28)15(23-12-26)11-22-18(27)14-3-4-17(21-10-14)25-5-7-31-8-6-25/h3-4,10,12-13,15-16,29-30H,5-9,11H2,1-2H3,(H,22,27)(H,23,26)(H,24,28)/t15-,16+/m1/s1. The smallest absolute Gasteiger partial charge is 0.426 e. The summed E-state index contributed by atoms with van der Waals surface area (Å²) in [5.74, 6) is -1.12. The van der Waals surface area contributed by atoms with Crippen LogP contribution in [0.5, 0.6) is 0 Å². The molecular weight excluding hydrogens is 405 g/mol. The van der Waals surface area contributed by atoms with E-state index in [2.05, 4.69) is 25.8 Å². The van der Waals surface area contributed by atoms with Crippen LogP contribution in [0.1, 0.15) is 30.6 Å². The first-order chi connectivity index (χ1) is 14.8. The molecule has 1 aromatic heterocycles. The molecule has 170 valence electrons. The fourth-order valence-corrected chi connectivity index (χ4v) is 3.15. The number of hydrogen-bond acceptors (Lipinski definition) is 8. The molecule has 1 aliphatic heterocycles. The van der Waals surface area contributed by atoms with Gasteiger partial charge in [0.1, 0.15) is 11.9 Å². The van der Waals surface area contributed by atoms with Crippen LogP contribution in [0.4, 0.5) is 5.82 Å². The molecule has 0 aromatic carbocycles. The lowest BCUT2D eigenvalue weighted by molar-refractivity contribution is -0.125. The van der Waals surface area contributed by atoms with Gasteiger partial charge in [-0.25, -0.2) is 4.98 Å². The van der Waals surface area contributed by atoms with E-state index < -0.39 is 30.9 Å². The van der Waals surface area contributed by atoms with Crippen LogP contribution >= 0.6 is 0 Å². The molecule has 0 saturated carbocycles. The van der Waals surface area contributed by atoms with Crippen molar-refractivity contribution in [2.75, 3.05) is 37.7 Å². The first kappa shape index (κ1) is 24.6. The van der Waals surface area contributed by atoms with E-state index in [1.54, 1.807) is 12.1 Å². The van der Waals surface area contributed by atoms with Gasteiger partial charge in [0.2, 0.25) is 12.3 Å². The van der Waals surface area contributed by atoms with Gasteiger partial charge in [0.25, 0.3) is 5.91 Å². The number of carbonyl (C=O) groups is 3. The number of rotatable bonds is 11. The predicted molar refractivity (Wildman–Crippen MR) is 114 cm³/mol. The fourth-order valence-electron chi connectivity index (χ4n) is 3.15. The van der Waals surface area contributed by atoms with Crippen molar-refractivity contribution in [2.45, 2.75) is 32.3 Å². The van der Waals surface area contributed by atoms with Gasteiger partial charge in [-0.05, 0) is 24.5 Å². The molecule has 2 heterocycles. The molecule has 12 heteroatoms. The SMILES string of the molecule is CC(C)C[C@H](NC(=O)[C@@H](CNC(=O)c1ccc(N2CCOCC2)nc1)NC=O)B(O)O. The topological polar surface area (TPSA) is 153 Å². The fraction of sp³-hybridized carbons (Fsp3) is 0.579. The average molecular weight is 435 g/mol. The summed E-state index contributed by atoms with van der Waals surface area (Å²) in [5.41, 5.74) is 0.311. The van der Waals surface area contributed by atoms with Gasteiger partial charge in [0.15, 0.2) is 0 Å². The third-order valence-corrected chi connectivity index (χ3v) is 4.81. The van der Waals surface area contributed by atoms with Crippen molar-refractivity contribution in [3.05, 3.63) is 23.9 Å². The van der Waals surface area contributed by atoms with Gasteiger partial charge in [-0.2, -0.15) is 0 Å². The van der Waals surface area contributed by atoms with Gasteiger partial charge in [0, 0.05) is 25.8 Å². The summed E-state index contributed by atoms with van der Waals surface area (Å²) >= 11 is 0. The zero-order chi connectivity index (χ0) is 22.8. The van der Waals surface area contributed by atoms with Crippen molar-refractivity contribution in [2.24, 2.45) is 5.92 Å². The number of morpholine rings is 1. The monoisotopic (exact) mass is 435 g/mol. The van der Waals surface area contributed by atoms with Crippen LogP contribution in [-0.4, -0.2) is 85.2 Å². The highest BCUT2D eigenvalue weighted by molar-refractivity contribution is 6.43. The molecule has 1 aromatic rings. The number of aromatic nitrogens is 1. The number of nitrogens with one attached hydrogen (secondary N) is 3. The van der Waals surface area contributed by atoms with Crippen molar-refractivity contribution in [3.8, 4) is 0 Å². The lowest BCUT2D eigenvalue weighted by Crippen LogP contribution is -2.56. The molecule has 11 nitrogen and oxygen atoms in total. The summed E-state index contributed by atoms with van der Waals surface area (Å²) in [5, 5.41) is 26.4. The highest BCUT2D eigenvalue weighted by Crippen LogP contribution is 2.13. The van der Waals surface area contributed by atoms with E-state index in [1.807, 2.05) is 13.8 Å². The number of carbonyl (C=O) groups excluding carboxylic acids is 3. The van der Waals surface area contributed by atoms with Gasteiger partial charge in [-0.1, -0.05) is 13.8 Å².